The molecule has 0 aromatic heterocycles. The molecule has 0 saturated carbocycles. The number of phosphoric ester groups is 2. The number of hydrogen-bond acceptors (Lipinski definition) is 15. The lowest BCUT2D eigenvalue weighted by molar-refractivity contribution is -0.161. The lowest BCUT2D eigenvalue weighted by Gasteiger charge is -2.21. The van der Waals surface area contributed by atoms with Crippen LogP contribution in [-0.4, -0.2) is 96.7 Å². The minimum absolute atomic E-state index is 0.106. The summed E-state index contributed by atoms with van der Waals surface area (Å²) < 4.78 is 68.4. The van der Waals surface area contributed by atoms with Crippen molar-refractivity contribution >= 4 is 39.5 Å². The molecule has 0 bridgehead atoms. The maximum absolute atomic E-state index is 13.1. The van der Waals surface area contributed by atoms with Gasteiger partial charge in [0.25, 0.3) is 0 Å². The molecular formula is C78H152O17P2. The van der Waals surface area contributed by atoms with Crippen LogP contribution in [0.4, 0.5) is 0 Å². The molecule has 2 unspecified atom stereocenters. The number of carbonyl (C=O) groups is 4. The first kappa shape index (κ1) is 95.1. The average molecular weight is 1420 g/mol. The molecule has 0 amide bonds. The molecule has 19 heteroatoms. The fourth-order valence-electron chi connectivity index (χ4n) is 12.1. The summed E-state index contributed by atoms with van der Waals surface area (Å²) >= 11 is 0. The van der Waals surface area contributed by atoms with Crippen LogP contribution in [-0.2, 0) is 65.4 Å². The summed E-state index contributed by atoms with van der Waals surface area (Å²) in [6.45, 7) is 4.95. The third-order valence-corrected chi connectivity index (χ3v) is 20.3. The minimum Gasteiger partial charge on any atom is -0.462 e. The number of aliphatic hydroxyl groups excluding tert-OH is 1. The second-order valence-electron chi connectivity index (χ2n) is 28.1. The van der Waals surface area contributed by atoms with Crippen molar-refractivity contribution in [3.05, 3.63) is 0 Å². The van der Waals surface area contributed by atoms with Gasteiger partial charge in [-0.3, -0.25) is 37.3 Å². The first-order valence-corrected chi connectivity index (χ1v) is 43.8. The van der Waals surface area contributed by atoms with Gasteiger partial charge in [0.15, 0.2) is 12.2 Å². The van der Waals surface area contributed by atoms with Crippen molar-refractivity contribution in [2.24, 2.45) is 0 Å². The van der Waals surface area contributed by atoms with Crippen LogP contribution in [0.25, 0.3) is 0 Å². The fraction of sp³-hybridized carbons (Fsp3) is 0.949. The quantitative estimate of drug-likeness (QED) is 0.0222. The first-order chi connectivity index (χ1) is 47.2. The lowest BCUT2D eigenvalue weighted by atomic mass is 10.0. The minimum atomic E-state index is -4.96. The van der Waals surface area contributed by atoms with Crippen molar-refractivity contribution in [2.75, 3.05) is 39.6 Å². The molecule has 0 spiro atoms. The molecule has 576 valence electrons. The average Bonchev–Trinajstić information content (AvgIpc) is 1.55. The Morgan fingerprint density at radius 3 is 0.608 bits per heavy atom. The van der Waals surface area contributed by atoms with Crippen molar-refractivity contribution < 1.29 is 80.2 Å². The lowest BCUT2D eigenvalue weighted by Crippen LogP contribution is -2.30. The smallest absolute Gasteiger partial charge is 0.462 e. The predicted octanol–water partition coefficient (Wildman–Crippen LogP) is 23.4. The fourth-order valence-corrected chi connectivity index (χ4v) is 13.7. The molecule has 0 radical (unpaired) electrons. The molecule has 0 aromatic carbocycles. The van der Waals surface area contributed by atoms with E-state index in [1.54, 1.807) is 0 Å². The van der Waals surface area contributed by atoms with Crippen molar-refractivity contribution in [1.29, 1.82) is 0 Å². The van der Waals surface area contributed by atoms with Crippen LogP contribution in [0.15, 0.2) is 0 Å². The molecule has 0 heterocycles. The Labute approximate surface area is 594 Å². The van der Waals surface area contributed by atoms with Gasteiger partial charge in [-0.15, -0.1) is 0 Å². The van der Waals surface area contributed by atoms with E-state index in [0.29, 0.717) is 25.7 Å². The summed E-state index contributed by atoms with van der Waals surface area (Å²) in [4.78, 5) is 72.7. The molecule has 3 N–H and O–H groups in total. The second-order valence-corrected chi connectivity index (χ2v) is 31.0. The maximum Gasteiger partial charge on any atom is 0.472 e. The van der Waals surface area contributed by atoms with Crippen LogP contribution in [0.2, 0.25) is 0 Å². The Kier molecular flexibility index (Phi) is 71.0. The van der Waals surface area contributed by atoms with E-state index in [0.717, 1.165) is 96.3 Å². The van der Waals surface area contributed by atoms with Gasteiger partial charge < -0.3 is 33.8 Å². The van der Waals surface area contributed by atoms with E-state index in [-0.39, 0.29) is 25.7 Å². The van der Waals surface area contributed by atoms with Gasteiger partial charge in [-0.05, 0) is 25.7 Å². The molecule has 0 saturated heterocycles. The topological polar surface area (TPSA) is 237 Å². The molecule has 0 fully saturated rings. The molecule has 5 atom stereocenters. The van der Waals surface area contributed by atoms with E-state index < -0.39 is 97.5 Å². The van der Waals surface area contributed by atoms with Gasteiger partial charge in [-0.1, -0.05) is 368 Å². The SMILES string of the molecule is CCCCCCCCCCCCCCCCCCCCCCCCC(=O)O[C@H](COC(=O)CCCCCCCCCCCCCCCCCCCC)COP(=O)(O)OC[C@@H](O)COP(=O)(O)OC[C@@H](COC(=O)CCCCCCCCCC)OC(=O)CCCCCCCCCCC. The van der Waals surface area contributed by atoms with E-state index in [9.17, 15) is 43.2 Å². The number of phosphoric acid groups is 2. The zero-order chi connectivity index (χ0) is 71.1. The molecule has 0 aromatic rings. The highest BCUT2D eigenvalue weighted by atomic mass is 31.2. The summed E-state index contributed by atoms with van der Waals surface area (Å²) in [5.41, 5.74) is 0. The van der Waals surface area contributed by atoms with Gasteiger partial charge in [-0.2, -0.15) is 0 Å². The van der Waals surface area contributed by atoms with Crippen molar-refractivity contribution in [3.8, 4) is 0 Å². The van der Waals surface area contributed by atoms with Gasteiger partial charge >= 0.3 is 39.5 Å². The standard InChI is InChI=1S/C78H152O17P2/c1-5-9-13-17-21-25-27-29-31-33-35-36-37-38-40-42-44-46-49-53-57-61-65-78(83)95-74(69-89-76(81)63-59-55-51-48-45-43-41-39-34-32-30-28-26-22-18-14-10-6-2)71-93-97(86,87)91-67-72(79)66-90-96(84,85)92-70-73(68-88-75(80)62-58-54-50-24-20-16-12-8-4)94-77(82)64-60-56-52-47-23-19-15-11-7-3/h72-74,79H,5-71H2,1-4H3,(H,84,85)(H,86,87)/t72-,73+,74+/m0/s1. The number of esters is 4. The van der Waals surface area contributed by atoms with Gasteiger partial charge in [0.1, 0.15) is 19.3 Å². The maximum atomic E-state index is 13.1. The summed E-state index contributed by atoms with van der Waals surface area (Å²) in [7, 11) is -9.90. The van der Waals surface area contributed by atoms with Crippen LogP contribution < -0.4 is 0 Å². The van der Waals surface area contributed by atoms with E-state index in [1.807, 2.05) is 0 Å². The third kappa shape index (κ3) is 72.2. The summed E-state index contributed by atoms with van der Waals surface area (Å²) in [6, 6.07) is 0. The molecule has 17 nitrogen and oxygen atoms in total. The monoisotopic (exact) mass is 1420 g/mol. The molecule has 0 aliphatic rings. The molecule has 0 aliphatic carbocycles. The van der Waals surface area contributed by atoms with Crippen LogP contribution in [0.3, 0.4) is 0 Å². The summed E-state index contributed by atoms with van der Waals surface area (Å²) in [5, 5.41) is 10.6. The van der Waals surface area contributed by atoms with Crippen molar-refractivity contribution in [3.63, 3.8) is 0 Å². The molecule has 0 aliphatic heterocycles. The highest BCUT2D eigenvalue weighted by Gasteiger charge is 2.30. The third-order valence-electron chi connectivity index (χ3n) is 18.4. The van der Waals surface area contributed by atoms with Crippen LogP contribution in [0.5, 0.6) is 0 Å². The zero-order valence-corrected chi connectivity index (χ0v) is 64.8. The Balaban J connectivity index is 5.13. The Morgan fingerprint density at radius 1 is 0.247 bits per heavy atom. The number of rotatable bonds is 79. The second kappa shape index (κ2) is 72.4. The van der Waals surface area contributed by atoms with Crippen molar-refractivity contribution in [1.82, 2.24) is 0 Å². The summed E-state index contributed by atoms with van der Waals surface area (Å²) in [5.74, 6) is -2.12. The Hall–Kier alpha value is -1.94. The van der Waals surface area contributed by atoms with E-state index in [2.05, 4.69) is 27.7 Å². The van der Waals surface area contributed by atoms with Crippen LogP contribution in [0.1, 0.15) is 419 Å². The largest absolute Gasteiger partial charge is 0.472 e. The number of hydrogen-bond donors (Lipinski definition) is 3. The Bertz CT molecular complexity index is 1840. The molecule has 97 heavy (non-hydrogen) atoms. The zero-order valence-electron chi connectivity index (χ0n) is 63.1. The van der Waals surface area contributed by atoms with Crippen LogP contribution in [0, 0.1) is 0 Å². The van der Waals surface area contributed by atoms with Gasteiger partial charge in [0, 0.05) is 25.7 Å². The predicted molar refractivity (Wildman–Crippen MR) is 395 cm³/mol. The van der Waals surface area contributed by atoms with Gasteiger partial charge in [0.2, 0.25) is 0 Å². The number of ether oxygens (including phenoxy) is 4. The number of unbranched alkanes of at least 4 members (excludes halogenated alkanes) is 53. The highest BCUT2D eigenvalue weighted by molar-refractivity contribution is 7.47. The van der Waals surface area contributed by atoms with E-state index in [4.69, 9.17) is 37.0 Å². The first-order valence-electron chi connectivity index (χ1n) is 40.8. The van der Waals surface area contributed by atoms with Gasteiger partial charge in [0.05, 0.1) is 26.4 Å². The number of carbonyl (C=O) groups excluding carboxylic acids is 4. The van der Waals surface area contributed by atoms with E-state index >= 15 is 0 Å². The Morgan fingerprint density at radius 2 is 0.412 bits per heavy atom. The summed E-state index contributed by atoms with van der Waals surface area (Å²) in [6.07, 6.45) is 64.2. The highest BCUT2D eigenvalue weighted by Crippen LogP contribution is 2.45. The van der Waals surface area contributed by atoms with Gasteiger partial charge in [-0.25, -0.2) is 9.13 Å². The normalized spacial score (nSPS) is 13.8. The van der Waals surface area contributed by atoms with Crippen LogP contribution >= 0.6 is 15.6 Å². The van der Waals surface area contributed by atoms with Crippen molar-refractivity contribution in [2.45, 2.75) is 438 Å². The number of aliphatic hydroxyl groups is 1. The molecular weight excluding hydrogens is 1270 g/mol. The molecule has 0 rings (SSSR count). The van der Waals surface area contributed by atoms with E-state index in [1.165, 1.54) is 244 Å².